The van der Waals surface area contributed by atoms with E-state index in [1.54, 1.807) is 18.2 Å². The summed E-state index contributed by atoms with van der Waals surface area (Å²) in [5, 5.41) is 20.7. The minimum atomic E-state index is -0.291. The first-order chi connectivity index (χ1) is 11.9. The molecule has 2 rings (SSSR count). The van der Waals surface area contributed by atoms with Gasteiger partial charge in [0, 0.05) is 17.8 Å². The molecule has 0 spiro atoms. The number of rotatable bonds is 6. The van der Waals surface area contributed by atoms with Gasteiger partial charge in [-0.15, -0.1) is 12.4 Å². The summed E-state index contributed by atoms with van der Waals surface area (Å²) in [4.78, 5) is 16.2. The van der Waals surface area contributed by atoms with Gasteiger partial charge in [-0.1, -0.05) is 17.7 Å². The Balaban J connectivity index is 0.00000338. The van der Waals surface area contributed by atoms with Crippen molar-refractivity contribution in [1.82, 2.24) is 4.98 Å². The van der Waals surface area contributed by atoms with Crippen molar-refractivity contribution in [3.05, 3.63) is 65.0 Å². The molecule has 6 heteroatoms. The summed E-state index contributed by atoms with van der Waals surface area (Å²) in [5.41, 5.74) is 2.09. The first-order valence-corrected chi connectivity index (χ1v) is 7.82. The lowest BCUT2D eigenvalue weighted by molar-refractivity contribution is 0.104. The van der Waals surface area contributed by atoms with Gasteiger partial charge in [-0.2, -0.15) is 0 Å². The average Bonchev–Trinajstić information content (AvgIpc) is 2.60. The number of phenolic OH excluding ortho intramolecular Hbond substituents is 2. The highest BCUT2D eigenvalue weighted by molar-refractivity contribution is 6.05. The third-order valence-corrected chi connectivity index (χ3v) is 3.64. The lowest BCUT2D eigenvalue weighted by atomic mass is 10.0. The van der Waals surface area contributed by atoms with E-state index in [-0.39, 0.29) is 35.4 Å². The standard InChI is InChI=1S/C20H21NO4.ClH/c1-13(2)7-8-14-18(23)12-19(25-3)15(20(14)24)9-10-17(22)16-6-4-5-11-21-16;/h4-7,9-12,23-24H,8H2,1-3H3;1H/b10-9+;. The summed E-state index contributed by atoms with van der Waals surface area (Å²) in [6.45, 7) is 3.87. The van der Waals surface area contributed by atoms with Crippen LogP contribution in [-0.4, -0.2) is 28.1 Å². The first kappa shape index (κ1) is 21.3. The summed E-state index contributed by atoms with van der Waals surface area (Å²) in [6.07, 6.45) is 6.60. The number of methoxy groups -OCH3 is 1. The van der Waals surface area contributed by atoms with E-state index in [4.69, 9.17) is 4.74 Å². The first-order valence-electron chi connectivity index (χ1n) is 7.82. The van der Waals surface area contributed by atoms with Crippen LogP contribution in [0, 0.1) is 0 Å². The molecule has 0 saturated carbocycles. The number of hydrogen-bond acceptors (Lipinski definition) is 5. The molecule has 0 bridgehead atoms. The predicted octanol–water partition coefficient (Wildman–Crippen LogP) is 4.33. The second-order valence-corrected chi connectivity index (χ2v) is 5.74. The zero-order valence-electron chi connectivity index (χ0n) is 14.9. The fraction of sp³-hybridized carbons (Fsp3) is 0.200. The van der Waals surface area contributed by atoms with Crippen LogP contribution in [-0.2, 0) is 6.42 Å². The van der Waals surface area contributed by atoms with E-state index in [1.807, 2.05) is 19.9 Å². The monoisotopic (exact) mass is 375 g/mol. The van der Waals surface area contributed by atoms with Crippen molar-refractivity contribution < 1.29 is 19.7 Å². The molecule has 0 saturated heterocycles. The molecular weight excluding hydrogens is 354 g/mol. The maximum atomic E-state index is 12.2. The molecule has 0 unspecified atom stereocenters. The number of benzene rings is 1. The van der Waals surface area contributed by atoms with Gasteiger partial charge in [0.05, 0.1) is 12.7 Å². The minimum Gasteiger partial charge on any atom is -0.507 e. The Hall–Kier alpha value is -2.79. The van der Waals surface area contributed by atoms with Gasteiger partial charge < -0.3 is 14.9 Å². The van der Waals surface area contributed by atoms with Crippen LogP contribution in [0.3, 0.4) is 0 Å². The van der Waals surface area contributed by atoms with Crippen LogP contribution >= 0.6 is 12.4 Å². The number of nitrogens with zero attached hydrogens (tertiary/aromatic N) is 1. The van der Waals surface area contributed by atoms with E-state index in [0.29, 0.717) is 23.2 Å². The number of allylic oxidation sites excluding steroid dienone is 3. The van der Waals surface area contributed by atoms with Crippen LogP contribution in [0.2, 0.25) is 0 Å². The SMILES string of the molecule is COc1cc(O)c(CC=C(C)C)c(O)c1/C=C/C(=O)c1ccccn1.Cl. The fourth-order valence-electron chi connectivity index (χ4n) is 2.28. The van der Waals surface area contributed by atoms with Crippen molar-refractivity contribution in [1.29, 1.82) is 0 Å². The number of carbonyl (C=O) groups is 1. The lowest BCUT2D eigenvalue weighted by Crippen LogP contribution is -1.98. The van der Waals surface area contributed by atoms with E-state index in [0.717, 1.165) is 5.57 Å². The van der Waals surface area contributed by atoms with Crippen molar-refractivity contribution in [3.8, 4) is 17.2 Å². The normalized spacial score (nSPS) is 10.3. The molecule has 1 aromatic heterocycles. The van der Waals surface area contributed by atoms with E-state index in [9.17, 15) is 15.0 Å². The van der Waals surface area contributed by atoms with Gasteiger partial charge in [0.15, 0.2) is 0 Å². The van der Waals surface area contributed by atoms with Gasteiger partial charge in [-0.25, -0.2) is 0 Å². The number of hydrogen-bond donors (Lipinski definition) is 2. The average molecular weight is 376 g/mol. The fourth-order valence-corrected chi connectivity index (χ4v) is 2.28. The molecule has 1 heterocycles. The zero-order valence-corrected chi connectivity index (χ0v) is 15.7. The van der Waals surface area contributed by atoms with Gasteiger partial charge in [-0.05, 0) is 44.6 Å². The van der Waals surface area contributed by atoms with Gasteiger partial charge in [0.1, 0.15) is 22.9 Å². The highest BCUT2D eigenvalue weighted by Crippen LogP contribution is 2.39. The summed E-state index contributed by atoms with van der Waals surface area (Å²) >= 11 is 0. The molecule has 138 valence electrons. The second-order valence-electron chi connectivity index (χ2n) is 5.74. The van der Waals surface area contributed by atoms with Gasteiger partial charge in [0.25, 0.3) is 0 Å². The number of ketones is 1. The Labute approximate surface area is 159 Å². The lowest BCUT2D eigenvalue weighted by Gasteiger charge is -2.13. The van der Waals surface area contributed by atoms with Crippen LogP contribution < -0.4 is 4.74 Å². The molecule has 0 aliphatic carbocycles. The van der Waals surface area contributed by atoms with Crippen LogP contribution in [0.4, 0.5) is 0 Å². The molecule has 5 nitrogen and oxygen atoms in total. The summed E-state index contributed by atoms with van der Waals surface area (Å²) in [5.74, 6) is -0.179. The highest BCUT2D eigenvalue weighted by Gasteiger charge is 2.16. The van der Waals surface area contributed by atoms with Crippen molar-refractivity contribution in [3.63, 3.8) is 0 Å². The molecule has 0 aliphatic rings. The molecule has 0 radical (unpaired) electrons. The Kier molecular flexibility index (Phi) is 7.87. The van der Waals surface area contributed by atoms with E-state index >= 15 is 0 Å². The summed E-state index contributed by atoms with van der Waals surface area (Å²) in [7, 11) is 1.43. The maximum absolute atomic E-state index is 12.2. The molecular formula is C20H22ClNO4. The maximum Gasteiger partial charge on any atom is 0.204 e. The molecule has 0 amide bonds. The molecule has 0 aliphatic heterocycles. The molecule has 26 heavy (non-hydrogen) atoms. The molecule has 0 fully saturated rings. The Morgan fingerprint density at radius 3 is 2.58 bits per heavy atom. The number of carbonyl (C=O) groups excluding carboxylic acids is 1. The van der Waals surface area contributed by atoms with Crippen molar-refractivity contribution in [2.75, 3.05) is 7.11 Å². The largest absolute Gasteiger partial charge is 0.507 e. The van der Waals surface area contributed by atoms with E-state index in [1.165, 1.54) is 31.5 Å². The molecule has 2 aromatic rings. The third kappa shape index (κ3) is 5.10. The van der Waals surface area contributed by atoms with Crippen LogP contribution in [0.5, 0.6) is 17.2 Å². The number of ether oxygens (including phenoxy) is 1. The van der Waals surface area contributed by atoms with Crippen LogP contribution in [0.25, 0.3) is 6.08 Å². The smallest absolute Gasteiger partial charge is 0.204 e. The Morgan fingerprint density at radius 1 is 1.27 bits per heavy atom. The van der Waals surface area contributed by atoms with Gasteiger partial charge >= 0.3 is 0 Å². The number of aromatic hydroxyl groups is 2. The number of halogens is 1. The zero-order chi connectivity index (χ0) is 18.4. The predicted molar refractivity (Wildman–Crippen MR) is 104 cm³/mol. The molecule has 2 N–H and O–H groups in total. The van der Waals surface area contributed by atoms with Gasteiger partial charge in [-0.3, -0.25) is 9.78 Å². The topological polar surface area (TPSA) is 79.6 Å². The Bertz CT molecular complexity index is 825. The quantitative estimate of drug-likeness (QED) is 0.446. The summed E-state index contributed by atoms with van der Waals surface area (Å²) < 4.78 is 5.21. The number of phenols is 2. The van der Waals surface area contributed by atoms with Crippen LogP contribution in [0.15, 0.2) is 48.2 Å². The van der Waals surface area contributed by atoms with Crippen molar-refractivity contribution in [2.24, 2.45) is 0 Å². The molecule has 1 aromatic carbocycles. The van der Waals surface area contributed by atoms with E-state index in [2.05, 4.69) is 4.98 Å². The van der Waals surface area contributed by atoms with Crippen molar-refractivity contribution in [2.45, 2.75) is 20.3 Å². The van der Waals surface area contributed by atoms with Crippen molar-refractivity contribution >= 4 is 24.3 Å². The van der Waals surface area contributed by atoms with E-state index < -0.39 is 0 Å². The number of aromatic nitrogens is 1. The summed E-state index contributed by atoms with van der Waals surface area (Å²) in [6, 6.07) is 6.49. The third-order valence-electron chi connectivity index (χ3n) is 3.64. The highest BCUT2D eigenvalue weighted by atomic mass is 35.5. The Morgan fingerprint density at radius 2 is 2.00 bits per heavy atom. The van der Waals surface area contributed by atoms with Crippen LogP contribution in [0.1, 0.15) is 35.5 Å². The minimum absolute atomic E-state index is 0. The molecule has 0 atom stereocenters. The second kappa shape index (κ2) is 9.63. The number of pyridine rings is 1. The van der Waals surface area contributed by atoms with Gasteiger partial charge in [0.2, 0.25) is 5.78 Å².